The molecule has 1 aromatic heterocycles. The molecule has 6 heteroatoms. The van der Waals surface area contributed by atoms with E-state index in [1.54, 1.807) is 35.2 Å². The summed E-state index contributed by atoms with van der Waals surface area (Å²) in [5.41, 5.74) is 8.19. The van der Waals surface area contributed by atoms with Gasteiger partial charge in [-0.25, -0.2) is 8.42 Å². The normalized spacial score (nSPS) is 15.2. The molecule has 0 aliphatic carbocycles. The standard InChI is InChI=1S/C14H17N3O2S/c1-16-8-6-13(10-16)20(18,19)17-7-2-3-11-9-12(15)4-5-14(11)17/h4-6,8-10H,2-3,7,15H2,1H3. The first kappa shape index (κ1) is 13.1. The van der Waals surface area contributed by atoms with Gasteiger partial charge in [-0.2, -0.15) is 0 Å². The summed E-state index contributed by atoms with van der Waals surface area (Å²) < 4.78 is 28.7. The molecule has 0 saturated heterocycles. The molecule has 0 spiro atoms. The van der Waals surface area contributed by atoms with Crippen LogP contribution in [0.1, 0.15) is 12.0 Å². The SMILES string of the molecule is Cn1ccc(S(=O)(=O)N2CCCc3cc(N)ccc32)c1. The molecule has 0 amide bonds. The zero-order valence-electron chi connectivity index (χ0n) is 11.3. The number of benzene rings is 1. The summed E-state index contributed by atoms with van der Waals surface area (Å²) in [5, 5.41) is 0. The Kier molecular flexibility index (Phi) is 2.97. The largest absolute Gasteiger partial charge is 0.399 e. The van der Waals surface area contributed by atoms with E-state index >= 15 is 0 Å². The minimum absolute atomic E-state index is 0.324. The molecule has 0 unspecified atom stereocenters. The van der Waals surface area contributed by atoms with E-state index in [4.69, 9.17) is 5.73 Å². The van der Waals surface area contributed by atoms with Gasteiger partial charge in [0.1, 0.15) is 4.90 Å². The second kappa shape index (κ2) is 4.56. The van der Waals surface area contributed by atoms with E-state index in [9.17, 15) is 8.42 Å². The molecule has 0 fully saturated rings. The summed E-state index contributed by atoms with van der Waals surface area (Å²) in [6.45, 7) is 0.508. The van der Waals surface area contributed by atoms with Crippen LogP contribution in [0.2, 0.25) is 0 Å². The fourth-order valence-electron chi connectivity index (χ4n) is 2.59. The number of hydrogen-bond acceptors (Lipinski definition) is 3. The molecule has 0 atom stereocenters. The van der Waals surface area contributed by atoms with Crippen molar-refractivity contribution in [3.8, 4) is 0 Å². The van der Waals surface area contributed by atoms with Crippen molar-refractivity contribution in [2.24, 2.45) is 7.05 Å². The van der Waals surface area contributed by atoms with Crippen LogP contribution in [0, 0.1) is 0 Å². The van der Waals surface area contributed by atoms with Crippen molar-refractivity contribution in [2.45, 2.75) is 17.7 Å². The van der Waals surface area contributed by atoms with Gasteiger partial charge in [0.25, 0.3) is 10.0 Å². The number of nitrogen functional groups attached to an aromatic ring is 1. The van der Waals surface area contributed by atoms with Crippen molar-refractivity contribution in [1.29, 1.82) is 0 Å². The van der Waals surface area contributed by atoms with Gasteiger partial charge < -0.3 is 10.3 Å². The maximum atomic E-state index is 12.7. The number of fused-ring (bicyclic) bond motifs is 1. The summed E-state index contributed by atoms with van der Waals surface area (Å²) in [6.07, 6.45) is 5.03. The fourth-order valence-corrected chi connectivity index (χ4v) is 4.18. The van der Waals surface area contributed by atoms with Gasteiger partial charge >= 0.3 is 0 Å². The highest BCUT2D eigenvalue weighted by Crippen LogP contribution is 2.33. The van der Waals surface area contributed by atoms with E-state index in [0.717, 1.165) is 24.1 Å². The Morgan fingerprint density at radius 3 is 2.75 bits per heavy atom. The van der Waals surface area contributed by atoms with Crippen molar-refractivity contribution in [3.63, 3.8) is 0 Å². The van der Waals surface area contributed by atoms with Crippen LogP contribution in [0.5, 0.6) is 0 Å². The first-order chi connectivity index (χ1) is 9.48. The summed E-state index contributed by atoms with van der Waals surface area (Å²) >= 11 is 0. The molecule has 2 N–H and O–H groups in total. The van der Waals surface area contributed by atoms with E-state index in [-0.39, 0.29) is 0 Å². The molecular formula is C14H17N3O2S. The molecule has 2 heterocycles. The van der Waals surface area contributed by atoms with Crippen LogP contribution in [0.4, 0.5) is 11.4 Å². The van der Waals surface area contributed by atoms with Crippen LogP contribution in [-0.4, -0.2) is 19.5 Å². The van der Waals surface area contributed by atoms with Gasteiger partial charge in [-0.1, -0.05) is 0 Å². The molecule has 0 radical (unpaired) electrons. The minimum Gasteiger partial charge on any atom is -0.399 e. The Balaban J connectivity index is 2.08. The number of sulfonamides is 1. The monoisotopic (exact) mass is 291 g/mol. The van der Waals surface area contributed by atoms with Crippen LogP contribution in [0.3, 0.4) is 0 Å². The second-order valence-corrected chi connectivity index (χ2v) is 6.94. The van der Waals surface area contributed by atoms with Crippen LogP contribution in [-0.2, 0) is 23.5 Å². The Bertz CT molecular complexity index is 750. The number of aromatic nitrogens is 1. The third-order valence-electron chi connectivity index (χ3n) is 3.57. The van der Waals surface area contributed by atoms with Crippen LogP contribution in [0.15, 0.2) is 41.6 Å². The smallest absolute Gasteiger partial charge is 0.265 e. The van der Waals surface area contributed by atoms with Crippen molar-refractivity contribution >= 4 is 21.4 Å². The van der Waals surface area contributed by atoms with Gasteiger partial charge in [-0.3, -0.25) is 4.31 Å². The maximum absolute atomic E-state index is 12.7. The van der Waals surface area contributed by atoms with Crippen molar-refractivity contribution < 1.29 is 8.42 Å². The summed E-state index contributed by atoms with van der Waals surface area (Å²) in [7, 11) is -1.69. The summed E-state index contributed by atoms with van der Waals surface area (Å²) in [5.74, 6) is 0. The van der Waals surface area contributed by atoms with E-state index < -0.39 is 10.0 Å². The van der Waals surface area contributed by atoms with Crippen LogP contribution >= 0.6 is 0 Å². The number of nitrogens with zero attached hydrogens (tertiary/aromatic N) is 2. The topological polar surface area (TPSA) is 68.3 Å². The number of aryl methyl sites for hydroxylation is 2. The average Bonchev–Trinajstić information content (AvgIpc) is 2.85. The predicted molar refractivity (Wildman–Crippen MR) is 79.1 cm³/mol. The number of rotatable bonds is 2. The number of hydrogen-bond donors (Lipinski definition) is 1. The van der Waals surface area contributed by atoms with Gasteiger partial charge in [0.15, 0.2) is 0 Å². The lowest BCUT2D eigenvalue weighted by molar-refractivity contribution is 0.586. The first-order valence-electron chi connectivity index (χ1n) is 6.51. The van der Waals surface area contributed by atoms with Gasteiger partial charge in [0, 0.05) is 31.7 Å². The maximum Gasteiger partial charge on any atom is 0.265 e. The quantitative estimate of drug-likeness (QED) is 0.857. The molecule has 106 valence electrons. The average molecular weight is 291 g/mol. The van der Waals surface area contributed by atoms with Crippen LogP contribution < -0.4 is 10.0 Å². The second-order valence-electron chi connectivity index (χ2n) is 5.08. The zero-order valence-corrected chi connectivity index (χ0v) is 12.1. The van der Waals surface area contributed by atoms with Gasteiger partial charge in [0.05, 0.1) is 5.69 Å². The summed E-state index contributed by atoms with van der Waals surface area (Å²) in [4.78, 5) is 0.324. The number of nitrogens with two attached hydrogens (primary N) is 1. The molecular weight excluding hydrogens is 274 g/mol. The lowest BCUT2D eigenvalue weighted by Gasteiger charge is -2.30. The predicted octanol–water partition coefficient (Wildman–Crippen LogP) is 1.75. The van der Waals surface area contributed by atoms with E-state index in [1.807, 2.05) is 13.1 Å². The highest BCUT2D eigenvalue weighted by Gasteiger charge is 2.29. The Morgan fingerprint density at radius 2 is 2.05 bits per heavy atom. The van der Waals surface area contributed by atoms with Crippen LogP contribution in [0.25, 0.3) is 0 Å². The molecule has 0 saturated carbocycles. The molecule has 2 aromatic rings. The van der Waals surface area contributed by atoms with Gasteiger partial charge in [0.2, 0.25) is 0 Å². The van der Waals surface area contributed by atoms with E-state index in [2.05, 4.69) is 0 Å². The highest BCUT2D eigenvalue weighted by molar-refractivity contribution is 7.92. The van der Waals surface area contributed by atoms with Crippen molar-refractivity contribution in [2.75, 3.05) is 16.6 Å². The van der Waals surface area contributed by atoms with Crippen molar-refractivity contribution in [3.05, 3.63) is 42.2 Å². The Hall–Kier alpha value is -1.95. The fraction of sp³-hybridized carbons (Fsp3) is 0.286. The molecule has 3 rings (SSSR count). The van der Waals surface area contributed by atoms with Crippen molar-refractivity contribution in [1.82, 2.24) is 4.57 Å². The third-order valence-corrected chi connectivity index (χ3v) is 5.37. The number of anilines is 2. The molecule has 0 bridgehead atoms. The zero-order chi connectivity index (χ0) is 14.3. The molecule has 1 aliphatic rings. The molecule has 1 aliphatic heterocycles. The van der Waals surface area contributed by atoms with E-state index in [1.165, 1.54) is 4.31 Å². The molecule has 20 heavy (non-hydrogen) atoms. The Labute approximate surface area is 118 Å². The van der Waals surface area contributed by atoms with E-state index in [0.29, 0.717) is 17.1 Å². The summed E-state index contributed by atoms with van der Waals surface area (Å²) in [6, 6.07) is 7.03. The minimum atomic E-state index is -3.50. The Morgan fingerprint density at radius 1 is 1.25 bits per heavy atom. The lowest BCUT2D eigenvalue weighted by Crippen LogP contribution is -2.35. The first-order valence-corrected chi connectivity index (χ1v) is 7.95. The highest BCUT2D eigenvalue weighted by atomic mass is 32.2. The van der Waals surface area contributed by atoms with Gasteiger partial charge in [-0.15, -0.1) is 0 Å². The molecule has 1 aromatic carbocycles. The molecule has 5 nitrogen and oxygen atoms in total. The van der Waals surface area contributed by atoms with Gasteiger partial charge in [-0.05, 0) is 42.7 Å². The third kappa shape index (κ3) is 2.06. The lowest BCUT2D eigenvalue weighted by atomic mass is 10.0.